The van der Waals surface area contributed by atoms with Crippen molar-refractivity contribution < 1.29 is 9.53 Å². The lowest BCUT2D eigenvalue weighted by molar-refractivity contribution is -0.122. The molecule has 2 aromatic heterocycles. The number of halogens is 2. The highest BCUT2D eigenvalue weighted by molar-refractivity contribution is 8.26. The van der Waals surface area contributed by atoms with Crippen molar-refractivity contribution in [2.75, 3.05) is 0 Å². The molecule has 2 aromatic carbocycles. The molecule has 0 radical (unpaired) electrons. The topological polar surface area (TPSA) is 63.9 Å². The van der Waals surface area contributed by atoms with Crippen LogP contribution < -0.4 is 10.3 Å². The largest absolute Gasteiger partial charge is 0.437 e. The van der Waals surface area contributed by atoms with Crippen LogP contribution in [-0.4, -0.2) is 24.5 Å². The molecule has 0 bridgehead atoms. The van der Waals surface area contributed by atoms with Gasteiger partial charge in [0.15, 0.2) is 0 Å². The molecule has 1 saturated heterocycles. The summed E-state index contributed by atoms with van der Waals surface area (Å²) in [6.45, 7) is 2.18. The van der Waals surface area contributed by atoms with Gasteiger partial charge < -0.3 is 4.74 Å². The van der Waals surface area contributed by atoms with Crippen LogP contribution in [0.25, 0.3) is 11.7 Å². The predicted octanol–water partition coefficient (Wildman–Crippen LogP) is 6.50. The number of thiocarbonyl (C=S) groups is 1. The number of hydrogen-bond donors (Lipinski definition) is 0. The molecule has 10 heteroatoms. The molecule has 0 N–H and O–H groups in total. The van der Waals surface area contributed by atoms with Crippen molar-refractivity contribution in [3.05, 3.63) is 109 Å². The van der Waals surface area contributed by atoms with E-state index in [2.05, 4.69) is 4.98 Å². The molecular weight excluding hydrogens is 537 g/mol. The number of amides is 1. The molecule has 0 unspecified atom stereocenters. The maximum absolute atomic E-state index is 13.6. The van der Waals surface area contributed by atoms with Gasteiger partial charge in [0.1, 0.15) is 21.3 Å². The summed E-state index contributed by atoms with van der Waals surface area (Å²) in [5.74, 6) is 0.00194. The molecule has 4 aromatic rings. The van der Waals surface area contributed by atoms with Crippen molar-refractivity contribution in [2.24, 2.45) is 0 Å². The number of aryl methyl sites for hydroxylation is 1. The smallest absolute Gasteiger partial charge is 0.269 e. The van der Waals surface area contributed by atoms with Crippen LogP contribution in [0.2, 0.25) is 10.0 Å². The molecule has 0 saturated carbocycles. The summed E-state index contributed by atoms with van der Waals surface area (Å²) in [5, 5.41) is 0.700. The van der Waals surface area contributed by atoms with E-state index in [1.54, 1.807) is 24.4 Å². The van der Waals surface area contributed by atoms with Gasteiger partial charge in [-0.2, -0.15) is 4.98 Å². The van der Waals surface area contributed by atoms with E-state index in [1.165, 1.54) is 21.4 Å². The number of rotatable bonds is 5. The molecule has 1 fully saturated rings. The number of nitrogens with zero attached hydrogens (tertiary/aromatic N) is 3. The first-order valence-corrected chi connectivity index (χ1v) is 12.7. The molecule has 1 aliphatic heterocycles. The van der Waals surface area contributed by atoms with Gasteiger partial charge >= 0.3 is 0 Å². The number of benzene rings is 2. The number of ether oxygens (including phenoxy) is 1. The van der Waals surface area contributed by atoms with Crippen molar-refractivity contribution in [2.45, 2.75) is 13.5 Å². The second-order valence-corrected chi connectivity index (χ2v) is 10.5. The summed E-state index contributed by atoms with van der Waals surface area (Å²) < 4.78 is 7.83. The minimum Gasteiger partial charge on any atom is -0.437 e. The van der Waals surface area contributed by atoms with Crippen molar-refractivity contribution in [1.29, 1.82) is 0 Å². The second kappa shape index (κ2) is 10.1. The van der Waals surface area contributed by atoms with Crippen molar-refractivity contribution in [1.82, 2.24) is 14.3 Å². The van der Waals surface area contributed by atoms with Gasteiger partial charge in [-0.1, -0.05) is 83.6 Å². The van der Waals surface area contributed by atoms with E-state index in [0.717, 1.165) is 22.9 Å². The molecule has 3 heterocycles. The van der Waals surface area contributed by atoms with E-state index in [0.29, 0.717) is 26.4 Å². The Morgan fingerprint density at radius 1 is 1.08 bits per heavy atom. The number of hydrogen-bond acceptors (Lipinski definition) is 6. The SMILES string of the molecule is Cc1cccn2c(=O)c(/C=C3/SC(=S)N(Cc4ccccc4)C3=O)c(Oc3ccc(Cl)cc3Cl)nc12. The van der Waals surface area contributed by atoms with Crippen LogP contribution in [0.1, 0.15) is 16.7 Å². The predicted molar refractivity (Wildman–Crippen MR) is 148 cm³/mol. The van der Waals surface area contributed by atoms with Gasteiger partial charge in [0.25, 0.3) is 11.5 Å². The average molecular weight is 554 g/mol. The second-order valence-electron chi connectivity index (χ2n) is 7.95. The molecule has 0 atom stereocenters. The monoisotopic (exact) mass is 553 g/mol. The Morgan fingerprint density at radius 3 is 2.61 bits per heavy atom. The van der Waals surface area contributed by atoms with E-state index in [1.807, 2.05) is 43.3 Å². The average Bonchev–Trinajstić information content (AvgIpc) is 3.12. The highest BCUT2D eigenvalue weighted by Gasteiger charge is 2.33. The summed E-state index contributed by atoms with van der Waals surface area (Å²) in [7, 11) is 0. The van der Waals surface area contributed by atoms with E-state index in [-0.39, 0.29) is 28.1 Å². The summed E-state index contributed by atoms with van der Waals surface area (Å²) >= 11 is 18.9. The van der Waals surface area contributed by atoms with Crippen LogP contribution >= 0.6 is 47.2 Å². The Kier molecular flexibility index (Phi) is 6.85. The highest BCUT2D eigenvalue weighted by atomic mass is 35.5. The Hall–Kier alpha value is -3.17. The third kappa shape index (κ3) is 4.77. The number of carbonyl (C=O) groups excluding carboxylic acids is 1. The van der Waals surface area contributed by atoms with E-state index in [9.17, 15) is 9.59 Å². The minimum atomic E-state index is -0.392. The Labute approximate surface area is 226 Å². The van der Waals surface area contributed by atoms with Crippen LogP contribution in [0.4, 0.5) is 0 Å². The lowest BCUT2D eigenvalue weighted by Gasteiger charge is -2.14. The van der Waals surface area contributed by atoms with Gasteiger partial charge in [-0.25, -0.2) is 0 Å². The lowest BCUT2D eigenvalue weighted by atomic mass is 10.2. The molecule has 180 valence electrons. The van der Waals surface area contributed by atoms with Gasteiger partial charge in [-0.3, -0.25) is 18.9 Å². The molecule has 5 rings (SSSR count). The van der Waals surface area contributed by atoms with Crippen LogP contribution in [0.15, 0.2) is 76.6 Å². The third-order valence-corrected chi connectivity index (χ3v) is 7.39. The Bertz CT molecular complexity index is 1620. The fourth-order valence-corrected chi connectivity index (χ4v) is 5.37. The van der Waals surface area contributed by atoms with Crippen LogP contribution in [0.5, 0.6) is 11.6 Å². The number of fused-ring (bicyclic) bond motifs is 1. The molecule has 1 amide bonds. The molecule has 1 aliphatic rings. The lowest BCUT2D eigenvalue weighted by Crippen LogP contribution is -2.27. The van der Waals surface area contributed by atoms with Crippen LogP contribution in [0, 0.1) is 6.92 Å². The van der Waals surface area contributed by atoms with E-state index in [4.69, 9.17) is 40.2 Å². The maximum atomic E-state index is 13.6. The zero-order valence-electron chi connectivity index (χ0n) is 18.8. The third-order valence-electron chi connectivity index (χ3n) is 5.48. The van der Waals surface area contributed by atoms with Gasteiger partial charge in [-0.05, 0) is 48.4 Å². The van der Waals surface area contributed by atoms with Crippen molar-refractivity contribution in [3.63, 3.8) is 0 Å². The van der Waals surface area contributed by atoms with E-state index < -0.39 is 5.56 Å². The van der Waals surface area contributed by atoms with Gasteiger partial charge in [-0.15, -0.1) is 0 Å². The molecule has 0 aliphatic carbocycles. The summed E-state index contributed by atoms with van der Waals surface area (Å²) in [6.07, 6.45) is 3.10. The van der Waals surface area contributed by atoms with Crippen molar-refractivity contribution in [3.8, 4) is 11.6 Å². The quantitative estimate of drug-likeness (QED) is 0.207. The summed E-state index contributed by atoms with van der Waals surface area (Å²) in [4.78, 5) is 33.2. The zero-order chi connectivity index (χ0) is 25.4. The maximum Gasteiger partial charge on any atom is 0.269 e. The standard InChI is InChI=1S/C26H17Cl2N3O3S2/c1-15-6-5-11-30-22(15)29-23(34-20-10-9-17(27)12-19(20)28)18(24(30)32)13-21-25(33)31(26(35)36-21)14-16-7-3-2-4-8-16/h2-13H,14H2,1H3/b21-13+. The van der Waals surface area contributed by atoms with Gasteiger partial charge in [0.2, 0.25) is 5.88 Å². The molecular formula is C26H17Cl2N3O3S2. The van der Waals surface area contributed by atoms with Crippen LogP contribution in [-0.2, 0) is 11.3 Å². The normalized spacial score (nSPS) is 14.8. The first-order chi connectivity index (χ1) is 17.3. The molecule has 0 spiro atoms. The molecule has 6 nitrogen and oxygen atoms in total. The highest BCUT2D eigenvalue weighted by Crippen LogP contribution is 2.36. The Morgan fingerprint density at radius 2 is 1.86 bits per heavy atom. The first kappa shape index (κ1) is 24.5. The fraction of sp³-hybridized carbons (Fsp3) is 0.0769. The Balaban J connectivity index is 1.60. The zero-order valence-corrected chi connectivity index (χ0v) is 21.9. The van der Waals surface area contributed by atoms with E-state index >= 15 is 0 Å². The number of aromatic nitrogens is 2. The first-order valence-electron chi connectivity index (χ1n) is 10.8. The van der Waals surface area contributed by atoms with Crippen LogP contribution in [0.3, 0.4) is 0 Å². The number of carbonyl (C=O) groups is 1. The number of thioether (sulfide) groups is 1. The summed E-state index contributed by atoms with van der Waals surface area (Å²) in [6, 6.07) is 17.9. The van der Waals surface area contributed by atoms with Crippen molar-refractivity contribution >= 4 is 69.1 Å². The van der Waals surface area contributed by atoms with Gasteiger partial charge in [0, 0.05) is 11.2 Å². The molecule has 36 heavy (non-hydrogen) atoms. The van der Waals surface area contributed by atoms with Gasteiger partial charge in [0.05, 0.1) is 16.5 Å². The fourth-order valence-electron chi connectivity index (χ4n) is 3.69. The minimum absolute atomic E-state index is 0.0202. The number of pyridine rings is 1. The summed E-state index contributed by atoms with van der Waals surface area (Å²) in [5.41, 5.74) is 1.86.